The first-order valence-corrected chi connectivity index (χ1v) is 7.73. The van der Waals surface area contributed by atoms with E-state index < -0.39 is 23.9 Å². The Balaban J connectivity index is 0.00000225. The van der Waals surface area contributed by atoms with E-state index in [9.17, 15) is 14.4 Å². The van der Waals surface area contributed by atoms with E-state index >= 15 is 0 Å². The highest BCUT2D eigenvalue weighted by molar-refractivity contribution is 6.23. The summed E-state index contributed by atoms with van der Waals surface area (Å²) >= 11 is 0. The highest BCUT2D eigenvalue weighted by Gasteiger charge is 2.42. The maximum Gasteiger partial charge on any atom is 0.409 e. The van der Waals surface area contributed by atoms with Crippen LogP contribution in [0.15, 0.2) is 29.3 Å². The van der Waals surface area contributed by atoms with Crippen LogP contribution in [0.5, 0.6) is 0 Å². The Morgan fingerprint density at radius 3 is 2.44 bits per heavy atom. The molecule has 0 saturated carbocycles. The van der Waals surface area contributed by atoms with Crippen molar-refractivity contribution in [2.75, 3.05) is 26.2 Å². The highest BCUT2D eigenvalue weighted by Crippen LogP contribution is 2.25. The van der Waals surface area contributed by atoms with E-state index in [0.29, 0.717) is 24.2 Å². The van der Waals surface area contributed by atoms with Gasteiger partial charge in [-0.3, -0.25) is 19.5 Å². The molecule has 1 unspecified atom stereocenters. The van der Waals surface area contributed by atoms with Gasteiger partial charge in [0.05, 0.1) is 30.8 Å². The van der Waals surface area contributed by atoms with Crippen molar-refractivity contribution in [3.63, 3.8) is 0 Å². The number of amidine groups is 1. The lowest BCUT2D eigenvalue weighted by atomic mass is 10.1. The van der Waals surface area contributed by atoms with Crippen molar-refractivity contribution >= 4 is 36.2 Å². The van der Waals surface area contributed by atoms with E-state index in [1.54, 1.807) is 31.2 Å². The molecule has 3 rings (SSSR count). The fraction of sp³-hybridized carbons (Fsp3) is 0.375. The first-order chi connectivity index (χ1) is 11.5. The summed E-state index contributed by atoms with van der Waals surface area (Å²) in [4.78, 5) is 44.0. The molecule has 134 valence electrons. The van der Waals surface area contributed by atoms with E-state index in [-0.39, 0.29) is 31.4 Å². The standard InChI is InChI=1S/C16H18N4O4.ClH/c1-2-24-16(23)19-8-7-18-13(17)12(9-19)20-14(21)10-5-3-4-6-11(10)15(20)22;/h3-6,12H,2,7-9H2,1H3,(H2,17,18);1H. The molecule has 0 fully saturated rings. The number of amides is 3. The highest BCUT2D eigenvalue weighted by atomic mass is 35.5. The molecule has 9 heteroatoms. The van der Waals surface area contributed by atoms with Crippen LogP contribution in [0.4, 0.5) is 4.79 Å². The molecular formula is C16H19ClN4O4. The average Bonchev–Trinajstić information content (AvgIpc) is 2.72. The topological polar surface area (TPSA) is 105 Å². The van der Waals surface area contributed by atoms with Crippen LogP contribution in [0.3, 0.4) is 0 Å². The molecular weight excluding hydrogens is 348 g/mol. The van der Waals surface area contributed by atoms with Gasteiger partial charge >= 0.3 is 6.09 Å². The van der Waals surface area contributed by atoms with E-state index in [1.807, 2.05) is 0 Å². The number of imide groups is 1. The zero-order chi connectivity index (χ0) is 17.3. The first kappa shape index (κ1) is 18.7. The molecule has 2 aliphatic rings. The number of nitrogens with two attached hydrogens (primary N) is 1. The Morgan fingerprint density at radius 2 is 1.88 bits per heavy atom. The summed E-state index contributed by atoms with van der Waals surface area (Å²) in [6, 6.07) is 5.79. The van der Waals surface area contributed by atoms with E-state index in [0.717, 1.165) is 4.90 Å². The van der Waals surface area contributed by atoms with Crippen molar-refractivity contribution in [1.82, 2.24) is 9.80 Å². The maximum absolute atomic E-state index is 12.6. The predicted octanol–water partition coefficient (Wildman–Crippen LogP) is 0.902. The van der Waals surface area contributed by atoms with Gasteiger partial charge in [-0.15, -0.1) is 12.4 Å². The molecule has 3 amide bonds. The number of carbonyl (C=O) groups excluding carboxylic acids is 3. The summed E-state index contributed by atoms with van der Waals surface area (Å²) in [5, 5.41) is 0. The van der Waals surface area contributed by atoms with Gasteiger partial charge in [-0.25, -0.2) is 4.79 Å². The summed E-state index contributed by atoms with van der Waals surface area (Å²) < 4.78 is 5.01. The zero-order valence-electron chi connectivity index (χ0n) is 13.7. The van der Waals surface area contributed by atoms with Gasteiger partial charge in [0.2, 0.25) is 0 Å². The second-order valence-corrected chi connectivity index (χ2v) is 5.49. The van der Waals surface area contributed by atoms with Gasteiger partial charge in [-0.05, 0) is 19.1 Å². The minimum absolute atomic E-state index is 0. The second kappa shape index (κ2) is 7.52. The molecule has 1 aromatic carbocycles. The Labute approximate surface area is 151 Å². The molecule has 0 radical (unpaired) electrons. The third-order valence-electron chi connectivity index (χ3n) is 4.06. The second-order valence-electron chi connectivity index (χ2n) is 5.49. The van der Waals surface area contributed by atoms with Crippen LogP contribution in [0, 0.1) is 0 Å². The number of carbonyl (C=O) groups is 3. The van der Waals surface area contributed by atoms with E-state index in [4.69, 9.17) is 10.5 Å². The van der Waals surface area contributed by atoms with Crippen molar-refractivity contribution < 1.29 is 19.1 Å². The molecule has 2 heterocycles. The van der Waals surface area contributed by atoms with Crippen LogP contribution >= 0.6 is 12.4 Å². The van der Waals surface area contributed by atoms with E-state index in [2.05, 4.69) is 4.99 Å². The molecule has 0 aromatic heterocycles. The van der Waals surface area contributed by atoms with Gasteiger partial charge < -0.3 is 15.4 Å². The molecule has 25 heavy (non-hydrogen) atoms. The molecule has 0 spiro atoms. The minimum Gasteiger partial charge on any atom is -0.450 e. The molecule has 0 saturated heterocycles. The lowest BCUT2D eigenvalue weighted by Crippen LogP contribution is -2.53. The Morgan fingerprint density at radius 1 is 1.28 bits per heavy atom. The number of hydrogen-bond acceptors (Lipinski definition) is 6. The molecule has 2 N–H and O–H groups in total. The SMILES string of the molecule is CCOC(=O)N1CCN=C(N)C(N2C(=O)c3ccccc3C2=O)C1.Cl. The summed E-state index contributed by atoms with van der Waals surface area (Å²) in [5.74, 6) is -0.690. The summed E-state index contributed by atoms with van der Waals surface area (Å²) in [7, 11) is 0. The van der Waals surface area contributed by atoms with Crippen molar-refractivity contribution in [1.29, 1.82) is 0 Å². The molecule has 1 aromatic rings. The lowest BCUT2D eigenvalue weighted by Gasteiger charge is -2.29. The van der Waals surface area contributed by atoms with Crippen LogP contribution in [0.25, 0.3) is 0 Å². The monoisotopic (exact) mass is 366 g/mol. The van der Waals surface area contributed by atoms with Gasteiger partial charge in [0.25, 0.3) is 11.8 Å². The van der Waals surface area contributed by atoms with Crippen molar-refractivity contribution in [3.8, 4) is 0 Å². The number of ether oxygens (including phenoxy) is 1. The van der Waals surface area contributed by atoms with Gasteiger partial charge in [0.15, 0.2) is 0 Å². The van der Waals surface area contributed by atoms with Crippen molar-refractivity contribution in [2.24, 2.45) is 10.7 Å². The minimum atomic E-state index is -0.802. The molecule has 1 atom stereocenters. The van der Waals surface area contributed by atoms with Gasteiger partial charge in [0, 0.05) is 6.54 Å². The third kappa shape index (κ3) is 3.30. The van der Waals surface area contributed by atoms with Gasteiger partial charge in [-0.2, -0.15) is 0 Å². The summed E-state index contributed by atoms with van der Waals surface area (Å²) in [6.45, 7) is 2.63. The number of nitrogens with zero attached hydrogens (tertiary/aromatic N) is 3. The quantitative estimate of drug-likeness (QED) is 0.783. The first-order valence-electron chi connectivity index (χ1n) is 7.73. The smallest absolute Gasteiger partial charge is 0.409 e. The molecule has 0 bridgehead atoms. The lowest BCUT2D eigenvalue weighted by molar-refractivity contribution is 0.0581. The van der Waals surface area contributed by atoms with Crippen LogP contribution < -0.4 is 5.73 Å². The Hall–Kier alpha value is -2.61. The molecule has 0 aliphatic carbocycles. The molecule has 8 nitrogen and oxygen atoms in total. The van der Waals surface area contributed by atoms with E-state index in [1.165, 1.54) is 4.90 Å². The number of rotatable bonds is 2. The van der Waals surface area contributed by atoms with Crippen LogP contribution in [0.2, 0.25) is 0 Å². The zero-order valence-corrected chi connectivity index (χ0v) is 14.5. The Bertz CT molecular complexity index is 702. The molecule has 2 aliphatic heterocycles. The normalized spacial score (nSPS) is 19.7. The van der Waals surface area contributed by atoms with Gasteiger partial charge in [0.1, 0.15) is 11.9 Å². The van der Waals surface area contributed by atoms with Crippen molar-refractivity contribution in [3.05, 3.63) is 35.4 Å². The summed E-state index contributed by atoms with van der Waals surface area (Å²) in [5.41, 5.74) is 6.65. The summed E-state index contributed by atoms with van der Waals surface area (Å²) in [6.07, 6.45) is -0.510. The fourth-order valence-electron chi connectivity index (χ4n) is 2.88. The number of aliphatic imine (C=N–C) groups is 1. The Kier molecular flexibility index (Phi) is 5.63. The van der Waals surface area contributed by atoms with Crippen LogP contribution in [-0.4, -0.2) is 65.8 Å². The largest absolute Gasteiger partial charge is 0.450 e. The predicted molar refractivity (Wildman–Crippen MR) is 93.1 cm³/mol. The maximum atomic E-state index is 12.6. The number of halogens is 1. The van der Waals surface area contributed by atoms with Crippen molar-refractivity contribution in [2.45, 2.75) is 13.0 Å². The van der Waals surface area contributed by atoms with Gasteiger partial charge in [-0.1, -0.05) is 12.1 Å². The third-order valence-corrected chi connectivity index (χ3v) is 4.06. The number of hydrogen-bond donors (Lipinski definition) is 1. The average molecular weight is 367 g/mol. The number of fused-ring (bicyclic) bond motifs is 1. The fourth-order valence-corrected chi connectivity index (χ4v) is 2.88. The van der Waals surface area contributed by atoms with Crippen LogP contribution in [-0.2, 0) is 4.74 Å². The van der Waals surface area contributed by atoms with Crippen LogP contribution in [0.1, 0.15) is 27.6 Å². The number of benzene rings is 1.